The van der Waals surface area contributed by atoms with Crippen LogP contribution in [0.3, 0.4) is 0 Å². The van der Waals surface area contributed by atoms with Crippen molar-refractivity contribution in [1.82, 2.24) is 5.32 Å². The van der Waals surface area contributed by atoms with Gasteiger partial charge in [-0.2, -0.15) is 0 Å². The third kappa shape index (κ3) is 4.03. The zero-order valence-electron chi connectivity index (χ0n) is 10.4. The van der Waals surface area contributed by atoms with Crippen LogP contribution in [0.1, 0.15) is 33.1 Å². The number of hydrogen-bond donors (Lipinski definition) is 1. The van der Waals surface area contributed by atoms with Crippen molar-refractivity contribution in [3.05, 3.63) is 0 Å². The number of hydrogen-bond acceptors (Lipinski definition) is 4. The van der Waals surface area contributed by atoms with Crippen LogP contribution in [0.15, 0.2) is 0 Å². The van der Waals surface area contributed by atoms with Crippen LogP contribution in [0.4, 0.5) is 0 Å². The molecule has 3 unspecified atom stereocenters. The van der Waals surface area contributed by atoms with Crippen LogP contribution in [0.25, 0.3) is 0 Å². The van der Waals surface area contributed by atoms with E-state index in [-0.39, 0.29) is 23.7 Å². The van der Waals surface area contributed by atoms with Gasteiger partial charge in [-0.1, -0.05) is 6.92 Å². The molecule has 1 N–H and O–H groups in total. The summed E-state index contributed by atoms with van der Waals surface area (Å²) in [6.07, 6.45) is 3.55. The first-order valence-corrected chi connectivity index (χ1v) is 7.80. The minimum Gasteiger partial charge on any atom is -0.380 e. The summed E-state index contributed by atoms with van der Waals surface area (Å²) >= 11 is 0. The summed E-state index contributed by atoms with van der Waals surface area (Å²) in [5.41, 5.74) is 0. The lowest BCUT2D eigenvalue weighted by Gasteiger charge is -2.23. The molecule has 0 spiro atoms. The molecule has 16 heavy (non-hydrogen) atoms. The highest BCUT2D eigenvalue weighted by Gasteiger charge is 2.28. The molecule has 5 heteroatoms. The van der Waals surface area contributed by atoms with Gasteiger partial charge < -0.3 is 10.1 Å². The Morgan fingerprint density at radius 1 is 1.44 bits per heavy atom. The van der Waals surface area contributed by atoms with Gasteiger partial charge in [0.2, 0.25) is 0 Å². The zero-order chi connectivity index (χ0) is 12.2. The maximum atomic E-state index is 11.5. The number of sulfone groups is 1. The van der Waals surface area contributed by atoms with Crippen LogP contribution < -0.4 is 5.32 Å². The van der Waals surface area contributed by atoms with Gasteiger partial charge in [0.05, 0.1) is 11.9 Å². The predicted molar refractivity (Wildman–Crippen MR) is 65.4 cm³/mol. The number of methoxy groups -OCH3 is 1. The van der Waals surface area contributed by atoms with Gasteiger partial charge in [0, 0.05) is 24.9 Å². The Morgan fingerprint density at radius 2 is 2.12 bits per heavy atom. The second kappa shape index (κ2) is 5.98. The van der Waals surface area contributed by atoms with Crippen molar-refractivity contribution in [2.45, 2.75) is 51.3 Å². The number of nitrogens with one attached hydrogen (secondary N) is 1. The fraction of sp³-hybridized carbons (Fsp3) is 1.00. The third-order valence-electron chi connectivity index (χ3n) is 3.20. The standard InChI is InChI=1S/C11H23NO3S/c1-4-16(13,14)8-9(2)12-10-6-5-7-11(10)15-3/h9-12H,4-8H2,1-3H3. The molecule has 0 amide bonds. The molecule has 1 saturated carbocycles. The molecular weight excluding hydrogens is 226 g/mol. The molecule has 0 aromatic heterocycles. The molecule has 3 atom stereocenters. The van der Waals surface area contributed by atoms with Crippen LogP contribution in [-0.2, 0) is 14.6 Å². The van der Waals surface area contributed by atoms with Crippen molar-refractivity contribution < 1.29 is 13.2 Å². The predicted octanol–water partition coefficient (Wildman–Crippen LogP) is 0.967. The van der Waals surface area contributed by atoms with E-state index in [0.29, 0.717) is 6.04 Å². The van der Waals surface area contributed by atoms with Crippen LogP contribution in [0.2, 0.25) is 0 Å². The maximum Gasteiger partial charge on any atom is 0.151 e. The molecule has 1 rings (SSSR count). The quantitative estimate of drug-likeness (QED) is 0.762. The van der Waals surface area contributed by atoms with E-state index in [1.165, 1.54) is 0 Å². The fourth-order valence-corrected chi connectivity index (χ4v) is 3.40. The van der Waals surface area contributed by atoms with Gasteiger partial charge in [0.1, 0.15) is 0 Å². The summed E-state index contributed by atoms with van der Waals surface area (Å²) in [5, 5.41) is 3.37. The van der Waals surface area contributed by atoms with E-state index >= 15 is 0 Å². The maximum absolute atomic E-state index is 11.5. The van der Waals surface area contributed by atoms with Gasteiger partial charge in [-0.3, -0.25) is 0 Å². The monoisotopic (exact) mass is 249 g/mol. The molecule has 0 bridgehead atoms. The van der Waals surface area contributed by atoms with Gasteiger partial charge in [-0.25, -0.2) is 8.42 Å². The molecule has 0 aliphatic heterocycles. The molecular formula is C11H23NO3S. The molecule has 1 aliphatic rings. The number of ether oxygens (including phenoxy) is 1. The molecule has 96 valence electrons. The highest BCUT2D eigenvalue weighted by atomic mass is 32.2. The molecule has 1 aliphatic carbocycles. The van der Waals surface area contributed by atoms with Gasteiger partial charge >= 0.3 is 0 Å². The lowest BCUT2D eigenvalue weighted by molar-refractivity contribution is 0.0828. The lowest BCUT2D eigenvalue weighted by Crippen LogP contribution is -2.44. The highest BCUT2D eigenvalue weighted by molar-refractivity contribution is 7.91. The molecule has 0 saturated heterocycles. The molecule has 0 aromatic carbocycles. The summed E-state index contributed by atoms with van der Waals surface area (Å²) in [6, 6.07) is 0.317. The van der Waals surface area contributed by atoms with E-state index in [1.54, 1.807) is 14.0 Å². The third-order valence-corrected chi connectivity index (χ3v) is 5.09. The summed E-state index contributed by atoms with van der Waals surface area (Å²) in [7, 11) is -1.17. The molecule has 0 aromatic rings. The Balaban J connectivity index is 2.42. The fourth-order valence-electron chi connectivity index (χ4n) is 2.31. The van der Waals surface area contributed by atoms with Gasteiger partial charge in [-0.15, -0.1) is 0 Å². The van der Waals surface area contributed by atoms with E-state index in [4.69, 9.17) is 4.74 Å². The van der Waals surface area contributed by atoms with Crippen molar-refractivity contribution >= 4 is 9.84 Å². The van der Waals surface area contributed by atoms with Crippen LogP contribution in [0.5, 0.6) is 0 Å². The van der Waals surface area contributed by atoms with Crippen molar-refractivity contribution in [1.29, 1.82) is 0 Å². The molecule has 1 fully saturated rings. The summed E-state index contributed by atoms with van der Waals surface area (Å²) in [5.74, 6) is 0.438. The van der Waals surface area contributed by atoms with Crippen LogP contribution >= 0.6 is 0 Å². The Kier molecular flexibility index (Phi) is 5.21. The molecule has 4 nitrogen and oxygen atoms in total. The minimum absolute atomic E-state index is 0.00528. The molecule has 0 heterocycles. The average molecular weight is 249 g/mol. The van der Waals surface area contributed by atoms with Crippen LogP contribution in [-0.4, -0.2) is 45.2 Å². The summed E-state index contributed by atoms with van der Waals surface area (Å²) < 4.78 is 28.3. The summed E-state index contributed by atoms with van der Waals surface area (Å²) in [6.45, 7) is 3.62. The van der Waals surface area contributed by atoms with E-state index < -0.39 is 9.84 Å². The Hall–Kier alpha value is -0.130. The van der Waals surface area contributed by atoms with Crippen molar-refractivity contribution in [3.8, 4) is 0 Å². The largest absolute Gasteiger partial charge is 0.380 e. The lowest BCUT2D eigenvalue weighted by atomic mass is 10.2. The van der Waals surface area contributed by atoms with E-state index in [0.717, 1.165) is 19.3 Å². The van der Waals surface area contributed by atoms with E-state index in [1.807, 2.05) is 6.92 Å². The smallest absolute Gasteiger partial charge is 0.151 e. The number of rotatable bonds is 6. The molecule has 0 radical (unpaired) electrons. The zero-order valence-corrected chi connectivity index (χ0v) is 11.2. The Bertz CT molecular complexity index is 302. The SMILES string of the molecule is CCS(=O)(=O)CC(C)NC1CCCC1OC. The minimum atomic E-state index is -2.89. The second-order valence-corrected chi connectivity index (χ2v) is 6.98. The van der Waals surface area contributed by atoms with E-state index in [2.05, 4.69) is 5.32 Å². The van der Waals surface area contributed by atoms with Gasteiger partial charge in [-0.05, 0) is 26.2 Å². The van der Waals surface area contributed by atoms with E-state index in [9.17, 15) is 8.42 Å². The topological polar surface area (TPSA) is 55.4 Å². The van der Waals surface area contributed by atoms with Crippen LogP contribution in [0, 0.1) is 0 Å². The normalized spacial score (nSPS) is 28.2. The first-order chi connectivity index (χ1) is 7.48. The van der Waals surface area contributed by atoms with Crippen molar-refractivity contribution in [3.63, 3.8) is 0 Å². The first kappa shape index (κ1) is 13.9. The first-order valence-electron chi connectivity index (χ1n) is 5.97. The average Bonchev–Trinajstić information content (AvgIpc) is 2.64. The highest BCUT2D eigenvalue weighted by Crippen LogP contribution is 2.21. The summed E-state index contributed by atoms with van der Waals surface area (Å²) in [4.78, 5) is 0. The second-order valence-electron chi connectivity index (χ2n) is 4.58. The van der Waals surface area contributed by atoms with Crippen molar-refractivity contribution in [2.24, 2.45) is 0 Å². The van der Waals surface area contributed by atoms with Gasteiger partial charge in [0.25, 0.3) is 0 Å². The Morgan fingerprint density at radius 3 is 2.69 bits per heavy atom. The van der Waals surface area contributed by atoms with Crippen molar-refractivity contribution in [2.75, 3.05) is 18.6 Å². The Labute approximate surface area is 98.7 Å². The van der Waals surface area contributed by atoms with Gasteiger partial charge in [0.15, 0.2) is 9.84 Å².